The number of aromatic nitrogens is 2. The molecule has 0 aromatic carbocycles. The standard InChI is InChI=1S/C10H11N3O3/c14-9(15)5-13(8-1-2-8)10(16)7-3-11-6-12-4-7/h3-4,6,8H,1-2,5H2,(H,14,15). The summed E-state index contributed by atoms with van der Waals surface area (Å²) in [5.41, 5.74) is 0.329. The number of carboxylic acids is 1. The molecule has 0 radical (unpaired) electrons. The van der Waals surface area contributed by atoms with Gasteiger partial charge in [0, 0.05) is 18.4 Å². The molecule has 1 N–H and O–H groups in total. The van der Waals surface area contributed by atoms with Crippen LogP contribution in [-0.4, -0.2) is 44.4 Å². The third-order valence-corrected chi connectivity index (χ3v) is 2.36. The highest BCUT2D eigenvalue weighted by molar-refractivity contribution is 5.95. The van der Waals surface area contributed by atoms with Crippen LogP contribution in [0.1, 0.15) is 23.2 Å². The Bertz CT molecular complexity index is 403. The predicted molar refractivity (Wildman–Crippen MR) is 53.7 cm³/mol. The van der Waals surface area contributed by atoms with Crippen molar-refractivity contribution in [1.82, 2.24) is 14.9 Å². The van der Waals surface area contributed by atoms with Gasteiger partial charge in [-0.25, -0.2) is 9.97 Å². The van der Waals surface area contributed by atoms with Gasteiger partial charge in [-0.3, -0.25) is 9.59 Å². The summed E-state index contributed by atoms with van der Waals surface area (Å²) in [7, 11) is 0. The van der Waals surface area contributed by atoms with Crippen molar-refractivity contribution in [1.29, 1.82) is 0 Å². The van der Waals surface area contributed by atoms with Gasteiger partial charge in [-0.05, 0) is 12.8 Å². The van der Waals surface area contributed by atoms with E-state index < -0.39 is 5.97 Å². The van der Waals surface area contributed by atoms with E-state index in [1.165, 1.54) is 23.6 Å². The Labute approximate surface area is 91.9 Å². The molecule has 1 saturated carbocycles. The van der Waals surface area contributed by atoms with E-state index in [2.05, 4.69) is 9.97 Å². The maximum Gasteiger partial charge on any atom is 0.323 e. The minimum absolute atomic E-state index is 0.0591. The maximum atomic E-state index is 11.9. The van der Waals surface area contributed by atoms with Gasteiger partial charge in [-0.15, -0.1) is 0 Å². The molecule has 84 valence electrons. The van der Waals surface area contributed by atoms with Gasteiger partial charge < -0.3 is 10.0 Å². The van der Waals surface area contributed by atoms with Crippen molar-refractivity contribution >= 4 is 11.9 Å². The molecule has 1 aliphatic rings. The molecular weight excluding hydrogens is 210 g/mol. The van der Waals surface area contributed by atoms with Crippen LogP contribution in [0.4, 0.5) is 0 Å². The van der Waals surface area contributed by atoms with Crippen molar-refractivity contribution in [2.75, 3.05) is 6.54 Å². The first kappa shape index (κ1) is 10.5. The highest BCUT2D eigenvalue weighted by atomic mass is 16.4. The topological polar surface area (TPSA) is 83.4 Å². The number of nitrogens with zero attached hydrogens (tertiary/aromatic N) is 3. The van der Waals surface area contributed by atoms with E-state index in [0.717, 1.165) is 12.8 Å². The fourth-order valence-corrected chi connectivity index (χ4v) is 1.47. The molecule has 1 fully saturated rings. The lowest BCUT2D eigenvalue weighted by atomic mass is 10.3. The van der Waals surface area contributed by atoms with Crippen LogP contribution in [0.15, 0.2) is 18.7 Å². The lowest BCUT2D eigenvalue weighted by Crippen LogP contribution is -2.37. The zero-order chi connectivity index (χ0) is 11.5. The molecule has 1 aliphatic carbocycles. The van der Waals surface area contributed by atoms with Crippen LogP contribution in [-0.2, 0) is 4.79 Å². The fraction of sp³-hybridized carbons (Fsp3) is 0.400. The van der Waals surface area contributed by atoms with Crippen LogP contribution in [0.3, 0.4) is 0 Å². The second-order valence-electron chi connectivity index (χ2n) is 3.69. The summed E-state index contributed by atoms with van der Waals surface area (Å²) in [5, 5.41) is 8.73. The Balaban J connectivity index is 2.14. The van der Waals surface area contributed by atoms with Crippen LogP contribution < -0.4 is 0 Å². The minimum Gasteiger partial charge on any atom is -0.480 e. The quantitative estimate of drug-likeness (QED) is 0.783. The van der Waals surface area contributed by atoms with Crippen molar-refractivity contribution in [3.8, 4) is 0 Å². The summed E-state index contributed by atoms with van der Waals surface area (Å²) in [5.74, 6) is -1.32. The second kappa shape index (κ2) is 4.26. The molecular formula is C10H11N3O3. The average molecular weight is 221 g/mol. The summed E-state index contributed by atoms with van der Waals surface area (Å²) >= 11 is 0. The van der Waals surface area contributed by atoms with Gasteiger partial charge >= 0.3 is 5.97 Å². The van der Waals surface area contributed by atoms with Gasteiger partial charge in [0.15, 0.2) is 0 Å². The monoisotopic (exact) mass is 221 g/mol. The SMILES string of the molecule is O=C(O)CN(C(=O)c1cncnc1)C1CC1. The Morgan fingerprint density at radius 3 is 2.50 bits per heavy atom. The predicted octanol–water partition coefficient (Wildman–Crippen LogP) is 0.166. The number of hydrogen-bond acceptors (Lipinski definition) is 4. The molecule has 0 atom stereocenters. The molecule has 1 heterocycles. The van der Waals surface area contributed by atoms with Crippen LogP contribution in [0.25, 0.3) is 0 Å². The largest absolute Gasteiger partial charge is 0.480 e. The molecule has 1 aromatic rings. The first-order valence-corrected chi connectivity index (χ1v) is 4.96. The summed E-state index contributed by atoms with van der Waals surface area (Å²) in [6, 6.07) is 0.0591. The Kier molecular flexibility index (Phi) is 2.80. The first-order chi connectivity index (χ1) is 7.68. The lowest BCUT2D eigenvalue weighted by Gasteiger charge is -2.19. The molecule has 6 nitrogen and oxygen atoms in total. The number of carboxylic acid groups (broad SMARTS) is 1. The highest BCUT2D eigenvalue weighted by Crippen LogP contribution is 2.27. The summed E-state index contributed by atoms with van der Waals surface area (Å²) in [6.07, 6.45) is 5.86. The summed E-state index contributed by atoms with van der Waals surface area (Å²) in [4.78, 5) is 31.4. The number of aliphatic carboxylic acids is 1. The third kappa shape index (κ3) is 2.33. The number of rotatable bonds is 4. The molecule has 0 saturated heterocycles. The van der Waals surface area contributed by atoms with Crippen molar-refractivity contribution in [3.05, 3.63) is 24.3 Å². The Morgan fingerprint density at radius 2 is 2.00 bits per heavy atom. The van der Waals surface area contributed by atoms with E-state index in [4.69, 9.17) is 5.11 Å². The molecule has 0 spiro atoms. The van der Waals surface area contributed by atoms with Gasteiger partial charge in [0.05, 0.1) is 5.56 Å². The second-order valence-corrected chi connectivity index (χ2v) is 3.69. The normalized spacial score (nSPS) is 14.5. The Morgan fingerprint density at radius 1 is 1.38 bits per heavy atom. The van der Waals surface area contributed by atoms with E-state index >= 15 is 0 Å². The van der Waals surface area contributed by atoms with Crippen LogP contribution in [0.5, 0.6) is 0 Å². The van der Waals surface area contributed by atoms with Crippen molar-refractivity contribution < 1.29 is 14.7 Å². The van der Waals surface area contributed by atoms with Crippen molar-refractivity contribution in [2.24, 2.45) is 0 Å². The zero-order valence-corrected chi connectivity index (χ0v) is 8.54. The average Bonchev–Trinajstić information content (AvgIpc) is 3.10. The number of amides is 1. The lowest BCUT2D eigenvalue weighted by molar-refractivity contribution is -0.137. The van der Waals surface area contributed by atoms with Crippen LogP contribution in [0.2, 0.25) is 0 Å². The van der Waals surface area contributed by atoms with Crippen molar-refractivity contribution in [2.45, 2.75) is 18.9 Å². The van der Waals surface area contributed by atoms with E-state index in [-0.39, 0.29) is 18.5 Å². The zero-order valence-electron chi connectivity index (χ0n) is 8.54. The molecule has 6 heteroatoms. The number of carbonyl (C=O) groups excluding carboxylic acids is 1. The van der Waals surface area contributed by atoms with Crippen LogP contribution >= 0.6 is 0 Å². The number of hydrogen-bond donors (Lipinski definition) is 1. The smallest absolute Gasteiger partial charge is 0.323 e. The van der Waals surface area contributed by atoms with E-state index in [9.17, 15) is 9.59 Å². The van der Waals surface area contributed by atoms with E-state index in [1.54, 1.807) is 0 Å². The minimum atomic E-state index is -1.00. The van der Waals surface area contributed by atoms with Gasteiger partial charge in [0.1, 0.15) is 12.9 Å². The molecule has 0 bridgehead atoms. The van der Waals surface area contributed by atoms with E-state index in [1.807, 2.05) is 0 Å². The first-order valence-electron chi connectivity index (χ1n) is 4.96. The maximum absolute atomic E-state index is 11.9. The van der Waals surface area contributed by atoms with Gasteiger partial charge in [0.25, 0.3) is 5.91 Å². The van der Waals surface area contributed by atoms with E-state index in [0.29, 0.717) is 5.56 Å². The van der Waals surface area contributed by atoms with Gasteiger partial charge in [-0.1, -0.05) is 0 Å². The molecule has 1 amide bonds. The van der Waals surface area contributed by atoms with Gasteiger partial charge in [0.2, 0.25) is 0 Å². The molecule has 0 aliphatic heterocycles. The highest BCUT2D eigenvalue weighted by Gasteiger charge is 2.34. The fourth-order valence-electron chi connectivity index (χ4n) is 1.47. The number of carbonyl (C=O) groups is 2. The third-order valence-electron chi connectivity index (χ3n) is 2.36. The molecule has 2 rings (SSSR count). The molecule has 0 unspecified atom stereocenters. The molecule has 16 heavy (non-hydrogen) atoms. The van der Waals surface area contributed by atoms with Crippen molar-refractivity contribution in [3.63, 3.8) is 0 Å². The Hall–Kier alpha value is -1.98. The van der Waals surface area contributed by atoms with Crippen LogP contribution in [0, 0.1) is 0 Å². The summed E-state index contributed by atoms with van der Waals surface area (Å²) < 4.78 is 0. The van der Waals surface area contributed by atoms with Gasteiger partial charge in [-0.2, -0.15) is 0 Å². The molecule has 1 aromatic heterocycles. The summed E-state index contributed by atoms with van der Waals surface area (Å²) in [6.45, 7) is -0.265.